The maximum Gasteiger partial charge on any atom is 0.263 e. The topological polar surface area (TPSA) is 69.8 Å². The Bertz CT molecular complexity index is 208. The second-order valence-electron chi connectivity index (χ2n) is 1.80. The molecule has 1 heterocycles. The van der Waals surface area contributed by atoms with E-state index in [1.165, 1.54) is 6.33 Å². The molecule has 60 valence electrons. The summed E-state index contributed by atoms with van der Waals surface area (Å²) in [6.07, 6.45) is 4.88. The van der Waals surface area contributed by atoms with Gasteiger partial charge in [-0.05, 0) is 6.92 Å². The Labute approximate surface area is 64.4 Å². The van der Waals surface area contributed by atoms with Gasteiger partial charge in [0.25, 0.3) is 6.33 Å². The Kier molecular flexibility index (Phi) is 4.55. The van der Waals surface area contributed by atoms with Gasteiger partial charge in [-0.25, -0.2) is 4.57 Å². The minimum Gasteiger partial charge on any atom is -0.550 e. The molecule has 1 aromatic rings. The molecule has 11 heavy (non-hydrogen) atoms. The van der Waals surface area contributed by atoms with Gasteiger partial charge < -0.3 is 9.90 Å². The fourth-order valence-electron chi connectivity index (χ4n) is 0.338. The summed E-state index contributed by atoms with van der Waals surface area (Å²) >= 11 is 0. The summed E-state index contributed by atoms with van der Waals surface area (Å²) in [7, 11) is 1.88. The van der Waals surface area contributed by atoms with Crippen molar-refractivity contribution in [2.45, 2.75) is 6.92 Å². The van der Waals surface area contributed by atoms with E-state index in [1.54, 1.807) is 17.2 Å². The van der Waals surface area contributed by atoms with Gasteiger partial charge in [0.05, 0.1) is 7.05 Å². The third kappa shape index (κ3) is 8.48. The molecule has 0 radical (unpaired) electrons. The van der Waals surface area contributed by atoms with Gasteiger partial charge >= 0.3 is 0 Å². The fourth-order valence-corrected chi connectivity index (χ4v) is 0.338. The normalized spacial score (nSPS) is 7.82. The van der Waals surface area contributed by atoms with E-state index in [2.05, 4.69) is 9.97 Å². The maximum absolute atomic E-state index is 8.89. The molecule has 1 aromatic heterocycles. The third-order valence-corrected chi connectivity index (χ3v) is 0.631. The molecule has 0 atom stereocenters. The molecular weight excluding hydrogens is 146 g/mol. The number of hydrogen-bond acceptors (Lipinski definition) is 4. The number of rotatable bonds is 0. The van der Waals surface area contributed by atoms with Crippen molar-refractivity contribution in [2.24, 2.45) is 7.05 Å². The van der Waals surface area contributed by atoms with E-state index in [4.69, 9.17) is 9.90 Å². The summed E-state index contributed by atoms with van der Waals surface area (Å²) in [5.74, 6) is -1.08. The average Bonchev–Trinajstić information content (AvgIpc) is 1.87. The molecule has 0 aliphatic rings. The molecule has 0 amide bonds. The lowest BCUT2D eigenvalue weighted by molar-refractivity contribution is -0.677. The van der Waals surface area contributed by atoms with Crippen molar-refractivity contribution in [3.05, 3.63) is 19.0 Å². The summed E-state index contributed by atoms with van der Waals surface area (Å²) in [6, 6.07) is 0. The number of carbonyl (C=O) groups excluding carboxylic acids is 1. The Hall–Kier alpha value is -1.52. The number of carbonyl (C=O) groups is 1. The van der Waals surface area contributed by atoms with Crippen molar-refractivity contribution in [2.75, 3.05) is 0 Å². The van der Waals surface area contributed by atoms with Crippen molar-refractivity contribution < 1.29 is 14.5 Å². The minimum absolute atomic E-state index is 0.972. The number of aryl methyl sites for hydroxylation is 1. The van der Waals surface area contributed by atoms with Gasteiger partial charge in [0.1, 0.15) is 0 Å². The van der Waals surface area contributed by atoms with Crippen LogP contribution in [0.1, 0.15) is 6.92 Å². The van der Waals surface area contributed by atoms with Gasteiger partial charge in [-0.3, -0.25) is 0 Å². The van der Waals surface area contributed by atoms with Gasteiger partial charge in [-0.1, -0.05) is 9.97 Å². The Morgan fingerprint density at radius 1 is 1.45 bits per heavy atom. The smallest absolute Gasteiger partial charge is 0.263 e. The molecule has 5 heteroatoms. The Morgan fingerprint density at radius 2 is 1.82 bits per heavy atom. The zero-order chi connectivity index (χ0) is 8.69. The molecule has 1 rings (SSSR count). The number of aliphatic carboxylic acids is 1. The lowest BCUT2D eigenvalue weighted by atomic mass is 10.9. The van der Waals surface area contributed by atoms with Crippen molar-refractivity contribution in [1.82, 2.24) is 9.97 Å². The van der Waals surface area contributed by atoms with Crippen LogP contribution in [0.25, 0.3) is 0 Å². The Balaban J connectivity index is 0.000000218. The zero-order valence-electron chi connectivity index (χ0n) is 6.39. The highest BCUT2D eigenvalue weighted by Crippen LogP contribution is 1.55. The first-order valence-electron chi connectivity index (χ1n) is 2.90. The van der Waals surface area contributed by atoms with Crippen LogP contribution in [0.2, 0.25) is 0 Å². The third-order valence-electron chi connectivity index (χ3n) is 0.631. The van der Waals surface area contributed by atoms with Crippen molar-refractivity contribution in [3.8, 4) is 0 Å². The molecule has 5 nitrogen and oxygen atoms in total. The summed E-state index contributed by atoms with van der Waals surface area (Å²) < 4.78 is 1.78. The van der Waals surface area contributed by atoms with Crippen molar-refractivity contribution >= 4 is 5.97 Å². The number of nitrogens with zero attached hydrogens (tertiary/aromatic N) is 3. The largest absolute Gasteiger partial charge is 0.550 e. The highest BCUT2D eigenvalue weighted by molar-refractivity contribution is 5.60. The van der Waals surface area contributed by atoms with Crippen LogP contribution in [-0.4, -0.2) is 15.9 Å². The second kappa shape index (κ2) is 5.28. The molecule has 0 aliphatic heterocycles. The number of aromatic nitrogens is 3. The molecule has 0 N–H and O–H groups in total. The molecule has 0 unspecified atom stereocenters. The molecule has 0 aromatic carbocycles. The first-order valence-corrected chi connectivity index (χ1v) is 2.90. The van der Waals surface area contributed by atoms with Crippen LogP contribution in [0, 0.1) is 0 Å². The Morgan fingerprint density at radius 3 is 2.00 bits per heavy atom. The zero-order valence-corrected chi connectivity index (χ0v) is 6.39. The van der Waals surface area contributed by atoms with Crippen LogP contribution in [0.15, 0.2) is 19.0 Å². The van der Waals surface area contributed by atoms with Crippen LogP contribution >= 0.6 is 0 Å². The van der Waals surface area contributed by atoms with Crippen molar-refractivity contribution in [3.63, 3.8) is 0 Å². The van der Waals surface area contributed by atoms with E-state index in [0.29, 0.717) is 0 Å². The van der Waals surface area contributed by atoms with Crippen molar-refractivity contribution in [1.29, 1.82) is 0 Å². The predicted molar refractivity (Wildman–Crippen MR) is 33.9 cm³/mol. The SMILES string of the molecule is CC(=O)[O-].C[n+]1cncnc1. The molecule has 0 aliphatic carbocycles. The highest BCUT2D eigenvalue weighted by Gasteiger charge is 1.80. The molecule has 0 bridgehead atoms. The van der Waals surface area contributed by atoms with Crippen LogP contribution in [-0.2, 0) is 11.8 Å². The maximum atomic E-state index is 8.89. The van der Waals surface area contributed by atoms with E-state index in [9.17, 15) is 0 Å². The molecule has 0 saturated heterocycles. The van der Waals surface area contributed by atoms with Gasteiger partial charge in [0.2, 0.25) is 12.7 Å². The second-order valence-corrected chi connectivity index (χ2v) is 1.80. The number of carboxylic acid groups (broad SMARTS) is 1. The van der Waals surface area contributed by atoms with Crippen LogP contribution in [0.4, 0.5) is 0 Å². The van der Waals surface area contributed by atoms with Gasteiger partial charge in [0.15, 0.2) is 0 Å². The molecule has 0 spiro atoms. The lowest BCUT2D eigenvalue weighted by Gasteiger charge is -1.77. The summed E-state index contributed by atoms with van der Waals surface area (Å²) in [6.45, 7) is 0.972. The van der Waals surface area contributed by atoms with E-state index in [1.807, 2.05) is 7.05 Å². The lowest BCUT2D eigenvalue weighted by Crippen LogP contribution is -2.27. The quantitative estimate of drug-likeness (QED) is 0.408. The van der Waals surface area contributed by atoms with E-state index >= 15 is 0 Å². The number of hydrogen-bond donors (Lipinski definition) is 0. The van der Waals surface area contributed by atoms with Gasteiger partial charge in [-0.15, -0.1) is 0 Å². The molecule has 0 saturated carbocycles. The summed E-state index contributed by atoms with van der Waals surface area (Å²) in [4.78, 5) is 16.4. The van der Waals surface area contributed by atoms with Gasteiger partial charge in [0, 0.05) is 5.97 Å². The highest BCUT2D eigenvalue weighted by atomic mass is 16.4. The minimum atomic E-state index is -1.08. The van der Waals surface area contributed by atoms with E-state index in [-0.39, 0.29) is 0 Å². The van der Waals surface area contributed by atoms with Crippen LogP contribution < -0.4 is 9.67 Å². The summed E-state index contributed by atoms with van der Waals surface area (Å²) in [5, 5.41) is 8.89. The molecule has 0 fully saturated rings. The predicted octanol–water partition coefficient (Wildman–Crippen LogP) is -1.94. The monoisotopic (exact) mass is 155 g/mol. The molecular formula is C6H9N3O2. The average molecular weight is 155 g/mol. The number of carboxylic acids is 1. The van der Waals surface area contributed by atoms with Crippen LogP contribution in [0.3, 0.4) is 0 Å². The first-order chi connectivity index (χ1) is 5.13. The fraction of sp³-hybridized carbons (Fsp3) is 0.333. The van der Waals surface area contributed by atoms with E-state index < -0.39 is 5.97 Å². The van der Waals surface area contributed by atoms with E-state index in [0.717, 1.165) is 6.92 Å². The van der Waals surface area contributed by atoms with Gasteiger partial charge in [-0.2, -0.15) is 0 Å². The first kappa shape index (κ1) is 9.48. The van der Waals surface area contributed by atoms with Crippen LogP contribution in [0.5, 0.6) is 0 Å². The summed E-state index contributed by atoms with van der Waals surface area (Å²) in [5.41, 5.74) is 0. The standard InChI is InChI=1S/C4H6N3.C2H4O2/c1-7-3-5-2-6-4-7;1-2(3)4/h2-4H,1H3;1H3,(H,3,4)/q+1;/p-1.